The Morgan fingerprint density at radius 3 is 2.33 bits per heavy atom. The Morgan fingerprint density at radius 2 is 1.74 bits per heavy atom. The number of aliphatic carboxylic acids is 1. The van der Waals surface area contributed by atoms with Gasteiger partial charge in [0.15, 0.2) is 0 Å². The molecular formula is C20H21FN2O4. The minimum absolute atomic E-state index is 0.0362. The molecule has 0 aliphatic heterocycles. The van der Waals surface area contributed by atoms with Gasteiger partial charge in [-0.3, -0.25) is 14.4 Å². The van der Waals surface area contributed by atoms with Crippen LogP contribution in [-0.2, 0) is 15.0 Å². The molecular weight excluding hydrogens is 351 g/mol. The highest BCUT2D eigenvalue weighted by Crippen LogP contribution is 2.25. The van der Waals surface area contributed by atoms with Gasteiger partial charge >= 0.3 is 5.97 Å². The molecule has 6 nitrogen and oxygen atoms in total. The van der Waals surface area contributed by atoms with Gasteiger partial charge < -0.3 is 15.7 Å². The number of benzene rings is 2. The van der Waals surface area contributed by atoms with E-state index in [0.29, 0.717) is 16.8 Å². The maximum atomic E-state index is 13.4. The lowest BCUT2D eigenvalue weighted by Crippen LogP contribution is -2.34. The van der Waals surface area contributed by atoms with E-state index in [1.54, 1.807) is 38.1 Å². The zero-order chi connectivity index (χ0) is 20.0. The monoisotopic (exact) mass is 372 g/mol. The van der Waals surface area contributed by atoms with Crippen molar-refractivity contribution in [1.82, 2.24) is 5.32 Å². The second kappa shape index (κ2) is 8.44. The number of anilines is 1. The summed E-state index contributed by atoms with van der Waals surface area (Å²) >= 11 is 0. The molecule has 2 aromatic rings. The summed E-state index contributed by atoms with van der Waals surface area (Å²) in [6.45, 7) is 3.43. The highest BCUT2D eigenvalue weighted by molar-refractivity contribution is 5.99. The maximum absolute atomic E-state index is 13.4. The van der Waals surface area contributed by atoms with Gasteiger partial charge in [-0.2, -0.15) is 0 Å². The van der Waals surface area contributed by atoms with Gasteiger partial charge in [0.25, 0.3) is 5.91 Å². The summed E-state index contributed by atoms with van der Waals surface area (Å²) in [7, 11) is 0. The van der Waals surface area contributed by atoms with E-state index in [-0.39, 0.29) is 18.9 Å². The molecule has 2 amide bonds. The van der Waals surface area contributed by atoms with Crippen molar-refractivity contribution in [3.05, 3.63) is 65.5 Å². The topological polar surface area (TPSA) is 95.5 Å². The molecule has 0 aliphatic carbocycles. The molecule has 0 saturated heterocycles. The fourth-order valence-electron chi connectivity index (χ4n) is 2.39. The third kappa shape index (κ3) is 5.37. The first-order valence-corrected chi connectivity index (χ1v) is 8.37. The summed E-state index contributed by atoms with van der Waals surface area (Å²) in [6.07, 6.45) is -0.158. The van der Waals surface area contributed by atoms with Crippen LogP contribution < -0.4 is 10.6 Å². The number of hydrogen-bond acceptors (Lipinski definition) is 3. The first kappa shape index (κ1) is 20.1. The molecule has 7 heteroatoms. The molecule has 0 spiro atoms. The molecule has 0 bridgehead atoms. The van der Waals surface area contributed by atoms with Crippen LogP contribution in [0.25, 0.3) is 0 Å². The van der Waals surface area contributed by atoms with Gasteiger partial charge in [-0.1, -0.05) is 12.1 Å². The van der Waals surface area contributed by atoms with E-state index >= 15 is 0 Å². The smallest absolute Gasteiger partial charge is 0.305 e. The maximum Gasteiger partial charge on any atom is 0.305 e. The number of hydrogen-bond donors (Lipinski definition) is 3. The lowest BCUT2D eigenvalue weighted by molar-refractivity contribution is -0.136. The van der Waals surface area contributed by atoms with Crippen LogP contribution in [0.3, 0.4) is 0 Å². The molecule has 0 heterocycles. The van der Waals surface area contributed by atoms with Crippen LogP contribution in [0.1, 0.15) is 36.2 Å². The predicted molar refractivity (Wildman–Crippen MR) is 99.1 cm³/mol. The number of rotatable bonds is 7. The largest absolute Gasteiger partial charge is 0.481 e. The number of amides is 2. The summed E-state index contributed by atoms with van der Waals surface area (Å²) in [5.74, 6) is -2.11. The number of carbonyl (C=O) groups is 3. The molecule has 142 valence electrons. The van der Waals surface area contributed by atoms with Crippen LogP contribution >= 0.6 is 0 Å². The molecule has 0 unspecified atom stereocenters. The van der Waals surface area contributed by atoms with Crippen LogP contribution in [0.2, 0.25) is 0 Å². The minimum atomic E-state index is -0.991. The van der Waals surface area contributed by atoms with Crippen molar-refractivity contribution in [2.75, 3.05) is 11.9 Å². The average Bonchev–Trinajstić information content (AvgIpc) is 2.61. The SMILES string of the molecule is CC(C)(C(=O)Nc1ccc(C(=O)NCCC(=O)O)cc1)c1cccc(F)c1. The highest BCUT2D eigenvalue weighted by Gasteiger charge is 2.30. The quantitative estimate of drug-likeness (QED) is 0.696. The number of carboxylic acid groups (broad SMARTS) is 1. The van der Waals surface area contributed by atoms with E-state index in [1.807, 2.05) is 0 Å². The second-order valence-corrected chi connectivity index (χ2v) is 6.57. The fourth-order valence-corrected chi connectivity index (χ4v) is 2.39. The molecule has 0 fully saturated rings. The first-order valence-electron chi connectivity index (χ1n) is 8.37. The van der Waals surface area contributed by atoms with E-state index in [9.17, 15) is 18.8 Å². The Morgan fingerprint density at radius 1 is 1.07 bits per heavy atom. The van der Waals surface area contributed by atoms with Crippen LogP contribution in [0.15, 0.2) is 48.5 Å². The third-order valence-electron chi connectivity index (χ3n) is 4.14. The Kier molecular flexibility index (Phi) is 6.28. The van der Waals surface area contributed by atoms with Crippen LogP contribution in [0.5, 0.6) is 0 Å². The standard InChI is InChI=1S/C20H21FN2O4/c1-20(2,14-4-3-5-15(21)12-14)19(27)23-16-8-6-13(7-9-16)18(26)22-11-10-17(24)25/h3-9,12H,10-11H2,1-2H3,(H,22,26)(H,23,27)(H,24,25). The molecule has 0 radical (unpaired) electrons. The minimum Gasteiger partial charge on any atom is -0.481 e. The molecule has 2 rings (SSSR count). The Balaban J connectivity index is 2.02. The Bertz CT molecular complexity index is 847. The molecule has 27 heavy (non-hydrogen) atoms. The van der Waals surface area contributed by atoms with Gasteiger partial charge in [-0.25, -0.2) is 4.39 Å². The van der Waals surface area contributed by atoms with Crippen LogP contribution in [0, 0.1) is 5.82 Å². The predicted octanol–water partition coefficient (Wildman–Crippen LogP) is 2.95. The highest BCUT2D eigenvalue weighted by atomic mass is 19.1. The van der Waals surface area contributed by atoms with E-state index in [1.165, 1.54) is 24.3 Å². The zero-order valence-corrected chi connectivity index (χ0v) is 15.1. The van der Waals surface area contributed by atoms with Crippen molar-refractivity contribution >= 4 is 23.5 Å². The van der Waals surface area contributed by atoms with Gasteiger partial charge in [-0.15, -0.1) is 0 Å². The van der Waals surface area contributed by atoms with Crippen LogP contribution in [-0.4, -0.2) is 29.4 Å². The molecule has 0 atom stereocenters. The van der Waals surface area contributed by atoms with Gasteiger partial charge in [-0.05, 0) is 55.8 Å². The van der Waals surface area contributed by atoms with E-state index in [2.05, 4.69) is 10.6 Å². The summed E-state index contributed by atoms with van der Waals surface area (Å²) < 4.78 is 13.4. The Labute approximate surface area is 156 Å². The van der Waals surface area contributed by atoms with Crippen LogP contribution in [0.4, 0.5) is 10.1 Å². The Hall–Kier alpha value is -3.22. The number of halogens is 1. The average molecular weight is 372 g/mol. The molecule has 0 saturated carbocycles. The summed E-state index contributed by atoms with van der Waals surface area (Å²) in [5, 5.41) is 13.8. The molecule has 2 aromatic carbocycles. The van der Waals surface area contributed by atoms with E-state index < -0.39 is 23.1 Å². The number of carboxylic acids is 1. The summed E-state index contributed by atoms with van der Waals surface area (Å²) in [5.41, 5.74) is 0.443. The lowest BCUT2D eigenvalue weighted by atomic mass is 9.83. The van der Waals surface area contributed by atoms with Crippen molar-refractivity contribution in [3.63, 3.8) is 0 Å². The van der Waals surface area contributed by atoms with E-state index in [4.69, 9.17) is 5.11 Å². The molecule has 0 aliphatic rings. The number of carbonyl (C=O) groups excluding carboxylic acids is 2. The van der Waals surface area contributed by atoms with Crippen molar-refractivity contribution in [2.45, 2.75) is 25.7 Å². The van der Waals surface area contributed by atoms with Crippen molar-refractivity contribution < 1.29 is 23.9 Å². The van der Waals surface area contributed by atoms with Crippen molar-refractivity contribution in [3.8, 4) is 0 Å². The van der Waals surface area contributed by atoms with Gasteiger partial charge in [0.05, 0.1) is 11.8 Å². The third-order valence-corrected chi connectivity index (χ3v) is 4.14. The normalized spacial score (nSPS) is 10.9. The van der Waals surface area contributed by atoms with Gasteiger partial charge in [0.2, 0.25) is 5.91 Å². The van der Waals surface area contributed by atoms with Crippen molar-refractivity contribution in [1.29, 1.82) is 0 Å². The second-order valence-electron chi connectivity index (χ2n) is 6.57. The first-order chi connectivity index (χ1) is 12.7. The summed E-state index contributed by atoms with van der Waals surface area (Å²) in [6, 6.07) is 12.1. The lowest BCUT2D eigenvalue weighted by Gasteiger charge is -2.24. The molecule has 3 N–H and O–H groups in total. The van der Waals surface area contributed by atoms with Gasteiger partial charge in [0, 0.05) is 17.8 Å². The summed E-state index contributed by atoms with van der Waals surface area (Å²) in [4.78, 5) is 35.0. The van der Waals surface area contributed by atoms with Crippen molar-refractivity contribution in [2.24, 2.45) is 0 Å². The fraction of sp³-hybridized carbons (Fsp3) is 0.250. The number of nitrogens with one attached hydrogen (secondary N) is 2. The van der Waals surface area contributed by atoms with E-state index in [0.717, 1.165) is 0 Å². The zero-order valence-electron chi connectivity index (χ0n) is 15.1. The van der Waals surface area contributed by atoms with Gasteiger partial charge in [0.1, 0.15) is 5.82 Å². The molecule has 0 aromatic heterocycles.